The van der Waals surface area contributed by atoms with Gasteiger partial charge in [-0.15, -0.1) is 0 Å². The molecule has 0 saturated heterocycles. The summed E-state index contributed by atoms with van der Waals surface area (Å²) in [6, 6.07) is 17.0. The summed E-state index contributed by atoms with van der Waals surface area (Å²) in [6.45, 7) is 2.12. The molecule has 0 aliphatic heterocycles. The van der Waals surface area contributed by atoms with Gasteiger partial charge < -0.3 is 0 Å². The minimum absolute atomic E-state index is 0.598. The normalized spacial score (nSPS) is 12.4. The van der Waals surface area contributed by atoms with Crippen LogP contribution < -0.4 is 0 Å². The average Bonchev–Trinajstić information content (AvgIpc) is 2.40. The van der Waals surface area contributed by atoms with Gasteiger partial charge in [0, 0.05) is 10.4 Å². The van der Waals surface area contributed by atoms with E-state index in [2.05, 4.69) is 59.3 Å². The van der Waals surface area contributed by atoms with Crippen LogP contribution in [0.5, 0.6) is 0 Å². The van der Waals surface area contributed by atoms with Crippen molar-refractivity contribution in [3.05, 3.63) is 70.2 Å². The second-order valence-electron chi connectivity index (χ2n) is 5.04. The third-order valence-corrected chi connectivity index (χ3v) is 4.43. The predicted molar refractivity (Wildman–Crippen MR) is 87.3 cm³/mol. The molecule has 2 aromatic rings. The van der Waals surface area contributed by atoms with Crippen LogP contribution in [-0.2, 0) is 12.8 Å². The predicted octanol–water partition coefficient (Wildman–Crippen LogP) is 5.44. The Morgan fingerprint density at radius 3 is 2.32 bits per heavy atom. The number of rotatable bonds is 5. The van der Waals surface area contributed by atoms with Crippen LogP contribution in [0, 0.1) is 12.8 Å². The topological polar surface area (TPSA) is 0 Å². The first-order valence-electron chi connectivity index (χ1n) is 6.53. The van der Waals surface area contributed by atoms with E-state index in [9.17, 15) is 0 Å². The lowest BCUT2D eigenvalue weighted by Gasteiger charge is -2.14. The average molecular weight is 338 g/mol. The van der Waals surface area contributed by atoms with E-state index < -0.39 is 0 Å². The molecule has 0 fully saturated rings. The van der Waals surface area contributed by atoms with Crippen molar-refractivity contribution in [2.24, 2.45) is 5.92 Å². The summed E-state index contributed by atoms with van der Waals surface area (Å²) in [7, 11) is 0. The van der Waals surface area contributed by atoms with E-state index in [0.29, 0.717) is 5.92 Å². The Morgan fingerprint density at radius 2 is 1.68 bits per heavy atom. The number of hydrogen-bond acceptors (Lipinski definition) is 0. The summed E-state index contributed by atoms with van der Waals surface area (Å²) in [6.07, 6.45) is 2.15. The van der Waals surface area contributed by atoms with E-state index in [-0.39, 0.29) is 0 Å². The molecule has 2 rings (SSSR count). The molecule has 2 heteroatoms. The molecule has 19 heavy (non-hydrogen) atoms. The minimum Gasteiger partial charge on any atom is -0.0925 e. The lowest BCUT2D eigenvalue weighted by Crippen LogP contribution is -2.10. The Hall–Kier alpha value is -0.790. The molecule has 2 aromatic carbocycles. The number of benzene rings is 2. The van der Waals surface area contributed by atoms with Crippen molar-refractivity contribution in [2.45, 2.75) is 19.8 Å². The highest BCUT2D eigenvalue weighted by atomic mass is 79.9. The summed E-state index contributed by atoms with van der Waals surface area (Å²) in [5.41, 5.74) is 4.02. The number of alkyl halides is 1. The molecule has 1 unspecified atom stereocenters. The monoisotopic (exact) mass is 336 g/mol. The third kappa shape index (κ3) is 4.67. The maximum atomic E-state index is 6.04. The first-order valence-corrected chi connectivity index (χ1v) is 8.03. The van der Waals surface area contributed by atoms with Gasteiger partial charge in [-0.3, -0.25) is 0 Å². The zero-order valence-corrected chi connectivity index (χ0v) is 13.4. The van der Waals surface area contributed by atoms with Crippen LogP contribution in [-0.4, -0.2) is 5.33 Å². The van der Waals surface area contributed by atoms with Gasteiger partial charge in [-0.05, 0) is 48.9 Å². The highest BCUT2D eigenvalue weighted by molar-refractivity contribution is 9.09. The lowest BCUT2D eigenvalue weighted by atomic mass is 9.94. The van der Waals surface area contributed by atoms with E-state index >= 15 is 0 Å². The van der Waals surface area contributed by atoms with Crippen LogP contribution >= 0.6 is 27.5 Å². The van der Waals surface area contributed by atoms with Gasteiger partial charge in [-0.1, -0.05) is 69.5 Å². The van der Waals surface area contributed by atoms with Crippen molar-refractivity contribution >= 4 is 27.5 Å². The lowest BCUT2D eigenvalue weighted by molar-refractivity contribution is 0.591. The van der Waals surface area contributed by atoms with Crippen LogP contribution in [0.3, 0.4) is 0 Å². The van der Waals surface area contributed by atoms with Gasteiger partial charge in [0.1, 0.15) is 0 Å². The summed E-state index contributed by atoms with van der Waals surface area (Å²) < 4.78 is 0. The van der Waals surface area contributed by atoms with Gasteiger partial charge in [-0.2, -0.15) is 0 Å². The van der Waals surface area contributed by atoms with Crippen molar-refractivity contribution in [1.29, 1.82) is 0 Å². The molecule has 0 aliphatic carbocycles. The Balaban J connectivity index is 2.02. The smallest absolute Gasteiger partial charge is 0.0408 e. The van der Waals surface area contributed by atoms with Crippen molar-refractivity contribution in [3.63, 3.8) is 0 Å². The Morgan fingerprint density at radius 1 is 1.00 bits per heavy atom. The van der Waals surface area contributed by atoms with Crippen LogP contribution in [0.2, 0.25) is 5.02 Å². The maximum absolute atomic E-state index is 6.04. The molecule has 0 aromatic heterocycles. The molecule has 0 amide bonds. The highest BCUT2D eigenvalue weighted by Crippen LogP contribution is 2.19. The summed E-state index contributed by atoms with van der Waals surface area (Å²) in [4.78, 5) is 0. The van der Waals surface area contributed by atoms with E-state index in [1.165, 1.54) is 16.7 Å². The van der Waals surface area contributed by atoms with Crippen molar-refractivity contribution in [3.8, 4) is 0 Å². The van der Waals surface area contributed by atoms with Crippen molar-refractivity contribution in [1.82, 2.24) is 0 Å². The Labute approximate surface area is 128 Å². The molecule has 1 atom stereocenters. The van der Waals surface area contributed by atoms with Gasteiger partial charge >= 0.3 is 0 Å². The molecule has 100 valence electrons. The molecule has 0 aliphatic rings. The SMILES string of the molecule is Cc1ccc(CC(CBr)Cc2cccc(Cl)c2)cc1. The second kappa shape index (κ2) is 7.12. The number of hydrogen-bond donors (Lipinski definition) is 0. The third-order valence-electron chi connectivity index (χ3n) is 3.28. The van der Waals surface area contributed by atoms with E-state index in [1.54, 1.807) is 0 Å². The molecule has 0 heterocycles. The molecular formula is C17H18BrCl. The highest BCUT2D eigenvalue weighted by Gasteiger charge is 2.09. The van der Waals surface area contributed by atoms with E-state index in [4.69, 9.17) is 11.6 Å². The van der Waals surface area contributed by atoms with Crippen LogP contribution in [0.15, 0.2) is 48.5 Å². The van der Waals surface area contributed by atoms with Crippen LogP contribution in [0.4, 0.5) is 0 Å². The first-order chi connectivity index (χ1) is 9.17. The summed E-state index contributed by atoms with van der Waals surface area (Å²) in [5.74, 6) is 0.598. The van der Waals surface area contributed by atoms with Crippen molar-refractivity contribution in [2.75, 3.05) is 5.33 Å². The molecule has 0 saturated carbocycles. The van der Waals surface area contributed by atoms with Gasteiger partial charge in [0.15, 0.2) is 0 Å². The molecule has 0 nitrogen and oxygen atoms in total. The van der Waals surface area contributed by atoms with Gasteiger partial charge in [0.05, 0.1) is 0 Å². The molecule has 0 spiro atoms. The molecular weight excluding hydrogens is 320 g/mol. The fraction of sp³-hybridized carbons (Fsp3) is 0.294. The first kappa shape index (κ1) is 14.6. The summed E-state index contributed by atoms with van der Waals surface area (Å²) >= 11 is 9.67. The molecule has 0 radical (unpaired) electrons. The van der Waals surface area contributed by atoms with Gasteiger partial charge in [0.2, 0.25) is 0 Å². The summed E-state index contributed by atoms with van der Waals surface area (Å²) in [5, 5.41) is 1.83. The fourth-order valence-corrected chi connectivity index (χ4v) is 2.91. The quantitative estimate of drug-likeness (QED) is 0.637. The van der Waals surface area contributed by atoms with Crippen LogP contribution in [0.25, 0.3) is 0 Å². The van der Waals surface area contributed by atoms with Crippen LogP contribution in [0.1, 0.15) is 16.7 Å². The Kier molecular flexibility index (Phi) is 5.47. The zero-order valence-electron chi connectivity index (χ0n) is 11.1. The molecule has 0 bridgehead atoms. The largest absolute Gasteiger partial charge is 0.0925 e. The number of aryl methyl sites for hydroxylation is 1. The second-order valence-corrected chi connectivity index (χ2v) is 6.13. The van der Waals surface area contributed by atoms with E-state index in [1.807, 2.05) is 12.1 Å². The fourth-order valence-electron chi connectivity index (χ4n) is 2.24. The zero-order chi connectivity index (χ0) is 13.7. The van der Waals surface area contributed by atoms with Gasteiger partial charge in [0.25, 0.3) is 0 Å². The molecule has 0 N–H and O–H groups in total. The minimum atomic E-state index is 0.598. The standard InChI is InChI=1S/C17H18BrCl/c1-13-5-7-14(8-6-13)9-16(12-18)10-15-3-2-4-17(19)11-15/h2-8,11,16H,9-10,12H2,1H3. The maximum Gasteiger partial charge on any atom is 0.0408 e. The Bertz CT molecular complexity index is 519. The number of halogens is 2. The van der Waals surface area contributed by atoms with Crippen molar-refractivity contribution < 1.29 is 0 Å². The van der Waals surface area contributed by atoms with Gasteiger partial charge in [-0.25, -0.2) is 0 Å². The van der Waals surface area contributed by atoms with E-state index in [0.717, 1.165) is 23.2 Å².